The zero-order valence-electron chi connectivity index (χ0n) is 49.8. The van der Waals surface area contributed by atoms with Crippen molar-refractivity contribution in [2.24, 2.45) is 0 Å². The number of aliphatic hydroxyl groups excluding tert-OH is 7. The van der Waals surface area contributed by atoms with E-state index in [1.807, 2.05) is 0 Å². The quantitative estimate of drug-likeness (QED) is 0.0172. The van der Waals surface area contributed by atoms with Crippen molar-refractivity contribution in [2.75, 3.05) is 33.0 Å². The third kappa shape index (κ3) is 37.4. The summed E-state index contributed by atoms with van der Waals surface area (Å²) in [5, 5.41) is 72.5. The lowest BCUT2D eigenvalue weighted by Crippen LogP contribution is -2.61. The molecule has 2 heterocycles. The molecule has 2 rings (SSSR count). The zero-order chi connectivity index (χ0) is 57.9. The number of ether oxygens (including phenoxy) is 6. The van der Waals surface area contributed by atoms with Crippen LogP contribution in [0.2, 0.25) is 0 Å². The van der Waals surface area contributed by atoms with Gasteiger partial charge in [0, 0.05) is 13.0 Å². The fourth-order valence-corrected chi connectivity index (χ4v) is 9.63. The van der Waals surface area contributed by atoms with E-state index >= 15 is 0 Å². The first-order valence-electron chi connectivity index (χ1n) is 31.7. The molecule has 0 radical (unpaired) electrons. The van der Waals surface area contributed by atoms with Gasteiger partial charge < -0.3 is 64.2 Å². The van der Waals surface area contributed by atoms with Crippen LogP contribution in [-0.2, 0) is 33.2 Å². The average Bonchev–Trinajstić information content (AvgIpc) is 3.46. The van der Waals surface area contributed by atoms with Crippen LogP contribution in [0.5, 0.6) is 0 Å². The highest BCUT2D eigenvalue weighted by Crippen LogP contribution is 2.27. The first-order chi connectivity index (χ1) is 39.1. The summed E-state index contributed by atoms with van der Waals surface area (Å²) in [6.07, 6.45) is 52.3. The summed E-state index contributed by atoms with van der Waals surface area (Å²) in [6.45, 7) is 3.53. The molecule has 0 aliphatic carbocycles. The van der Waals surface area contributed by atoms with Gasteiger partial charge in [-0.15, -0.1) is 0 Å². The van der Waals surface area contributed by atoms with Gasteiger partial charge in [-0.2, -0.15) is 0 Å². The Balaban J connectivity index is 1.71. The Morgan fingerprint density at radius 1 is 0.425 bits per heavy atom. The van der Waals surface area contributed by atoms with E-state index in [-0.39, 0.29) is 19.6 Å². The molecule has 0 bridgehead atoms. The highest BCUT2D eigenvalue weighted by molar-refractivity contribution is 5.69. The van der Waals surface area contributed by atoms with Crippen molar-refractivity contribution in [3.8, 4) is 0 Å². The van der Waals surface area contributed by atoms with Crippen LogP contribution < -0.4 is 0 Å². The van der Waals surface area contributed by atoms with E-state index in [0.717, 1.165) is 64.2 Å². The summed E-state index contributed by atoms with van der Waals surface area (Å²) in [6, 6.07) is 0. The second kappa shape index (κ2) is 51.8. The second-order valence-electron chi connectivity index (χ2n) is 21.9. The molecule has 2 aliphatic rings. The predicted molar refractivity (Wildman–Crippen MR) is 321 cm³/mol. The highest BCUT2D eigenvalue weighted by atomic mass is 16.7. The molecule has 462 valence electrons. The molecule has 0 aromatic carbocycles. The van der Waals surface area contributed by atoms with Crippen LogP contribution in [0.3, 0.4) is 0 Å². The molecule has 0 aromatic rings. The van der Waals surface area contributed by atoms with Crippen LogP contribution in [0.25, 0.3) is 0 Å². The topological polar surface area (TPSA) is 214 Å². The molecule has 14 heteroatoms. The molecule has 0 amide bonds. The number of unbranched alkanes of at least 4 members (excludes halogenated alkanes) is 23. The maximum atomic E-state index is 13.1. The molecule has 7 N–H and O–H groups in total. The lowest BCUT2D eigenvalue weighted by atomic mass is 9.98. The molecule has 2 saturated heterocycles. The van der Waals surface area contributed by atoms with E-state index < -0.39 is 86.7 Å². The van der Waals surface area contributed by atoms with E-state index in [1.165, 1.54) is 128 Å². The third-order valence-electron chi connectivity index (χ3n) is 14.7. The van der Waals surface area contributed by atoms with Gasteiger partial charge in [0.2, 0.25) is 0 Å². The standard InChI is InChI=1S/C66H114O14/c1-3-5-7-9-11-13-15-17-19-21-23-25-27-29-31-33-35-37-39-41-43-45-47-49-58(68)78-55(53-76-65-64(74)62(72)60(70)57(80-65)54-77-66-63(73)61(71)59(69)56(51-67)79-66)52-75-50-48-46-44-42-40-38-36-34-32-30-28-26-24-22-20-18-16-14-12-10-8-6-4-2/h5,7,11,13,17,19,23,25,29,31,35,37,41,43,55-57,59-67,69-74H,3-4,6,8-10,12,14-16,18,20-22,24,26-28,30,32-34,36,38-40,42,44-54H2,1-2H3/b7-5-,13-11-,19-17-,25-23-,31-29-,37-35-,43-41-. The van der Waals surface area contributed by atoms with Gasteiger partial charge in [-0.3, -0.25) is 4.79 Å². The van der Waals surface area contributed by atoms with E-state index in [2.05, 4.69) is 98.9 Å². The summed E-state index contributed by atoms with van der Waals surface area (Å²) in [5.41, 5.74) is 0. The van der Waals surface area contributed by atoms with Crippen LogP contribution >= 0.6 is 0 Å². The summed E-state index contributed by atoms with van der Waals surface area (Å²) < 4.78 is 34.4. The molecule has 80 heavy (non-hydrogen) atoms. The molecule has 0 spiro atoms. The molecule has 0 aromatic heterocycles. The van der Waals surface area contributed by atoms with Crippen molar-refractivity contribution >= 4 is 5.97 Å². The molecule has 2 fully saturated rings. The second-order valence-corrected chi connectivity index (χ2v) is 21.9. The minimum absolute atomic E-state index is 0.0363. The SMILES string of the molecule is CC/C=C\C/C=C\C/C=C\C/C=C\C/C=C\C/C=C\C/C=C\CCCC(=O)OC(COCCCCCCCCCCCCCCCCCCCCCCCCC)COC1OC(COC2OC(CO)C(O)C(O)C2O)C(O)C(O)C1O. The lowest BCUT2D eigenvalue weighted by molar-refractivity contribution is -0.332. The van der Waals surface area contributed by atoms with Gasteiger partial charge in [-0.1, -0.05) is 240 Å². The molecular weight excluding hydrogens is 1020 g/mol. The van der Waals surface area contributed by atoms with Crippen molar-refractivity contribution in [3.63, 3.8) is 0 Å². The summed E-state index contributed by atoms with van der Waals surface area (Å²) in [7, 11) is 0. The van der Waals surface area contributed by atoms with Gasteiger partial charge in [0.1, 0.15) is 54.9 Å². The molecule has 14 nitrogen and oxygen atoms in total. The smallest absolute Gasteiger partial charge is 0.306 e. The Labute approximate surface area is 484 Å². The minimum atomic E-state index is -1.72. The molecular formula is C66H114O14. The van der Waals surface area contributed by atoms with E-state index in [9.17, 15) is 40.5 Å². The Bertz CT molecular complexity index is 1640. The first-order valence-corrected chi connectivity index (χ1v) is 31.7. The molecule has 0 saturated carbocycles. The number of allylic oxidation sites excluding steroid dienone is 14. The summed E-state index contributed by atoms with van der Waals surface area (Å²) >= 11 is 0. The van der Waals surface area contributed by atoms with Gasteiger partial charge >= 0.3 is 5.97 Å². The van der Waals surface area contributed by atoms with E-state index in [0.29, 0.717) is 19.4 Å². The highest BCUT2D eigenvalue weighted by Gasteiger charge is 2.47. The largest absolute Gasteiger partial charge is 0.457 e. The first kappa shape index (κ1) is 73.3. The third-order valence-corrected chi connectivity index (χ3v) is 14.7. The van der Waals surface area contributed by atoms with E-state index in [4.69, 9.17) is 28.4 Å². The predicted octanol–water partition coefficient (Wildman–Crippen LogP) is 12.4. The van der Waals surface area contributed by atoms with Gasteiger partial charge in [0.25, 0.3) is 0 Å². The zero-order valence-corrected chi connectivity index (χ0v) is 49.8. The number of esters is 1. The lowest BCUT2D eigenvalue weighted by Gasteiger charge is -2.42. The monoisotopic (exact) mass is 1130 g/mol. The summed E-state index contributed by atoms with van der Waals surface area (Å²) in [5.74, 6) is -0.432. The fraction of sp³-hybridized carbons (Fsp3) is 0.773. The number of hydrogen-bond donors (Lipinski definition) is 7. The van der Waals surface area contributed by atoms with Crippen LogP contribution in [-0.4, -0.2) is 142 Å². The number of aliphatic hydroxyl groups is 7. The van der Waals surface area contributed by atoms with Crippen LogP contribution in [0.15, 0.2) is 85.1 Å². The Kier molecular flexibility index (Phi) is 47.4. The Morgan fingerprint density at radius 3 is 1.23 bits per heavy atom. The van der Waals surface area contributed by atoms with Crippen molar-refractivity contribution in [1.29, 1.82) is 0 Å². The van der Waals surface area contributed by atoms with E-state index in [1.54, 1.807) is 0 Å². The molecule has 11 atom stereocenters. The van der Waals surface area contributed by atoms with Crippen LogP contribution in [0.4, 0.5) is 0 Å². The average molecular weight is 1130 g/mol. The maximum Gasteiger partial charge on any atom is 0.306 e. The molecule has 2 aliphatic heterocycles. The summed E-state index contributed by atoms with van der Waals surface area (Å²) in [4.78, 5) is 13.1. The normalized spacial score (nSPS) is 24.4. The number of hydrogen-bond acceptors (Lipinski definition) is 14. The van der Waals surface area contributed by atoms with Crippen molar-refractivity contribution in [3.05, 3.63) is 85.1 Å². The van der Waals surface area contributed by atoms with Gasteiger partial charge in [-0.05, 0) is 64.2 Å². The maximum absolute atomic E-state index is 13.1. The number of carbonyl (C=O) groups excluding carboxylic acids is 1. The fourth-order valence-electron chi connectivity index (χ4n) is 9.63. The van der Waals surface area contributed by atoms with Gasteiger partial charge in [0.15, 0.2) is 12.6 Å². The van der Waals surface area contributed by atoms with Crippen LogP contribution in [0.1, 0.15) is 226 Å². The van der Waals surface area contributed by atoms with Gasteiger partial charge in [-0.25, -0.2) is 0 Å². The number of rotatable bonds is 51. The Hall–Kier alpha value is -2.83. The van der Waals surface area contributed by atoms with Crippen molar-refractivity contribution in [2.45, 2.75) is 293 Å². The Morgan fingerprint density at radius 2 is 0.800 bits per heavy atom. The molecule has 11 unspecified atom stereocenters. The van der Waals surface area contributed by atoms with Crippen molar-refractivity contribution < 1.29 is 69.0 Å². The van der Waals surface area contributed by atoms with Gasteiger partial charge in [0.05, 0.1) is 26.4 Å². The number of carbonyl (C=O) groups is 1. The van der Waals surface area contributed by atoms with Crippen molar-refractivity contribution in [1.82, 2.24) is 0 Å². The minimum Gasteiger partial charge on any atom is -0.457 e. The van der Waals surface area contributed by atoms with Crippen LogP contribution in [0, 0.1) is 0 Å².